The molecule has 2 N–H and O–H groups in total. The molecule has 1 unspecified atom stereocenters. The van der Waals surface area contributed by atoms with Gasteiger partial charge in [-0.05, 0) is 24.5 Å². The number of halogens is 1. The Kier molecular flexibility index (Phi) is 5.02. The summed E-state index contributed by atoms with van der Waals surface area (Å²) in [5.41, 5.74) is 7.12. The molecule has 0 amide bonds. The van der Waals surface area contributed by atoms with Gasteiger partial charge in [-0.15, -0.1) is 11.3 Å². The minimum Gasteiger partial charge on any atom is -0.334 e. The van der Waals surface area contributed by atoms with Crippen molar-refractivity contribution in [3.8, 4) is 0 Å². The number of aromatic nitrogens is 2. The molecule has 0 saturated heterocycles. The predicted molar refractivity (Wildman–Crippen MR) is 81.9 cm³/mol. The summed E-state index contributed by atoms with van der Waals surface area (Å²) in [4.78, 5) is 5.58. The molecule has 19 heavy (non-hydrogen) atoms. The van der Waals surface area contributed by atoms with Gasteiger partial charge in [0.25, 0.3) is 0 Å². The van der Waals surface area contributed by atoms with E-state index in [9.17, 15) is 0 Å². The Hall–Kier alpha value is -0.840. The zero-order valence-electron chi connectivity index (χ0n) is 11.3. The zero-order chi connectivity index (χ0) is 13.8. The van der Waals surface area contributed by atoms with E-state index < -0.39 is 0 Å². The van der Waals surface area contributed by atoms with Crippen LogP contribution in [0, 0.1) is 5.92 Å². The van der Waals surface area contributed by atoms with E-state index in [4.69, 9.17) is 17.3 Å². The van der Waals surface area contributed by atoms with Gasteiger partial charge in [0.15, 0.2) is 0 Å². The molecule has 0 radical (unpaired) electrons. The van der Waals surface area contributed by atoms with Gasteiger partial charge >= 0.3 is 0 Å². The first-order chi connectivity index (χ1) is 9.11. The fourth-order valence-electron chi connectivity index (χ4n) is 2.28. The average molecular weight is 298 g/mol. The molecule has 2 rings (SSSR count). The normalized spacial score (nSPS) is 13.1. The standard InChI is InChI=1S/C14H20ClN3S/c1-10(2)12(7-16)13-8-17-9-18(13)6-5-11-3-4-14(15)19-11/h3-4,8-10,12H,5-7,16H2,1-2H3. The first-order valence-electron chi connectivity index (χ1n) is 6.56. The molecule has 2 aromatic rings. The second-order valence-electron chi connectivity index (χ2n) is 5.05. The van der Waals surface area contributed by atoms with Crippen molar-refractivity contribution in [2.45, 2.75) is 32.7 Å². The third-order valence-electron chi connectivity index (χ3n) is 3.41. The van der Waals surface area contributed by atoms with Crippen LogP contribution in [0.25, 0.3) is 0 Å². The Morgan fingerprint density at radius 1 is 1.42 bits per heavy atom. The van der Waals surface area contributed by atoms with Crippen LogP contribution in [0.2, 0.25) is 4.34 Å². The molecule has 0 aromatic carbocycles. The maximum atomic E-state index is 5.95. The molecule has 1 atom stereocenters. The van der Waals surface area contributed by atoms with Crippen molar-refractivity contribution in [2.24, 2.45) is 11.7 Å². The molecule has 0 fully saturated rings. The number of hydrogen-bond acceptors (Lipinski definition) is 3. The van der Waals surface area contributed by atoms with E-state index in [-0.39, 0.29) is 0 Å². The van der Waals surface area contributed by atoms with E-state index in [0.29, 0.717) is 18.4 Å². The summed E-state index contributed by atoms with van der Waals surface area (Å²) in [7, 11) is 0. The Morgan fingerprint density at radius 2 is 2.21 bits per heavy atom. The van der Waals surface area contributed by atoms with Crippen molar-refractivity contribution in [2.75, 3.05) is 6.54 Å². The van der Waals surface area contributed by atoms with Gasteiger partial charge in [0.2, 0.25) is 0 Å². The summed E-state index contributed by atoms with van der Waals surface area (Å²) in [6, 6.07) is 4.04. The lowest BCUT2D eigenvalue weighted by Gasteiger charge is -2.20. The molecule has 2 aromatic heterocycles. The summed E-state index contributed by atoms with van der Waals surface area (Å²) in [5, 5.41) is 0. The lowest BCUT2D eigenvalue weighted by Crippen LogP contribution is -2.21. The van der Waals surface area contributed by atoms with Gasteiger partial charge in [-0.3, -0.25) is 0 Å². The third-order valence-corrected chi connectivity index (χ3v) is 4.70. The fraction of sp³-hybridized carbons (Fsp3) is 0.500. The van der Waals surface area contributed by atoms with Crippen LogP contribution in [-0.4, -0.2) is 16.1 Å². The molecule has 2 heterocycles. The van der Waals surface area contributed by atoms with E-state index in [0.717, 1.165) is 17.3 Å². The number of imidazole rings is 1. The molecule has 0 bridgehead atoms. The van der Waals surface area contributed by atoms with Gasteiger partial charge in [-0.2, -0.15) is 0 Å². The van der Waals surface area contributed by atoms with E-state index in [1.54, 1.807) is 11.3 Å². The largest absolute Gasteiger partial charge is 0.334 e. The van der Waals surface area contributed by atoms with Crippen molar-refractivity contribution in [3.63, 3.8) is 0 Å². The van der Waals surface area contributed by atoms with Gasteiger partial charge in [0.1, 0.15) is 0 Å². The molecular weight excluding hydrogens is 278 g/mol. The average Bonchev–Trinajstić information content (AvgIpc) is 2.96. The summed E-state index contributed by atoms with van der Waals surface area (Å²) in [5.74, 6) is 0.894. The van der Waals surface area contributed by atoms with Crippen molar-refractivity contribution in [3.05, 3.63) is 39.6 Å². The van der Waals surface area contributed by atoms with Gasteiger partial charge in [-0.25, -0.2) is 4.98 Å². The summed E-state index contributed by atoms with van der Waals surface area (Å²) in [6.45, 7) is 5.99. The van der Waals surface area contributed by atoms with Crippen LogP contribution in [0.5, 0.6) is 0 Å². The minimum atomic E-state index is 0.370. The molecular formula is C14H20ClN3S. The topological polar surface area (TPSA) is 43.8 Å². The molecule has 104 valence electrons. The first kappa shape index (κ1) is 14.6. The smallest absolute Gasteiger partial charge is 0.0948 e. The fourth-order valence-corrected chi connectivity index (χ4v) is 3.35. The highest BCUT2D eigenvalue weighted by atomic mass is 35.5. The molecule has 0 aliphatic rings. The molecule has 0 aliphatic carbocycles. The molecule has 0 saturated carbocycles. The maximum Gasteiger partial charge on any atom is 0.0948 e. The Labute approximate surface area is 123 Å². The lowest BCUT2D eigenvalue weighted by molar-refractivity contribution is 0.472. The van der Waals surface area contributed by atoms with Crippen molar-refractivity contribution in [1.82, 2.24) is 9.55 Å². The Morgan fingerprint density at radius 3 is 2.79 bits per heavy atom. The quantitative estimate of drug-likeness (QED) is 0.886. The zero-order valence-corrected chi connectivity index (χ0v) is 12.9. The number of nitrogens with zero attached hydrogens (tertiary/aromatic N) is 2. The maximum absolute atomic E-state index is 5.95. The van der Waals surface area contributed by atoms with Crippen LogP contribution in [0.15, 0.2) is 24.7 Å². The lowest BCUT2D eigenvalue weighted by atomic mass is 9.93. The Bertz CT molecular complexity index is 518. The highest BCUT2D eigenvalue weighted by Crippen LogP contribution is 2.25. The predicted octanol–water partition coefficient (Wildman–Crippen LogP) is 3.54. The number of thiophene rings is 1. The van der Waals surface area contributed by atoms with Crippen LogP contribution < -0.4 is 5.73 Å². The molecule has 5 heteroatoms. The van der Waals surface area contributed by atoms with Crippen LogP contribution in [-0.2, 0) is 13.0 Å². The number of rotatable bonds is 6. The Balaban J connectivity index is 2.07. The first-order valence-corrected chi connectivity index (χ1v) is 7.75. The van der Waals surface area contributed by atoms with Gasteiger partial charge < -0.3 is 10.3 Å². The van der Waals surface area contributed by atoms with Crippen LogP contribution in [0.1, 0.15) is 30.3 Å². The van der Waals surface area contributed by atoms with Crippen LogP contribution in [0.4, 0.5) is 0 Å². The highest BCUT2D eigenvalue weighted by Gasteiger charge is 2.18. The van der Waals surface area contributed by atoms with Gasteiger partial charge in [0, 0.05) is 35.8 Å². The number of hydrogen-bond donors (Lipinski definition) is 1. The van der Waals surface area contributed by atoms with Crippen LogP contribution >= 0.6 is 22.9 Å². The number of nitrogens with two attached hydrogens (primary N) is 1. The summed E-state index contributed by atoms with van der Waals surface area (Å²) in [6.07, 6.45) is 4.82. The van der Waals surface area contributed by atoms with E-state index in [1.165, 1.54) is 10.6 Å². The summed E-state index contributed by atoms with van der Waals surface area (Å²) >= 11 is 7.59. The van der Waals surface area contributed by atoms with Crippen LogP contribution in [0.3, 0.4) is 0 Å². The van der Waals surface area contributed by atoms with Crippen molar-refractivity contribution < 1.29 is 0 Å². The molecule has 0 aliphatic heterocycles. The second kappa shape index (κ2) is 6.55. The molecule has 3 nitrogen and oxygen atoms in total. The van der Waals surface area contributed by atoms with E-state index in [1.807, 2.05) is 18.6 Å². The van der Waals surface area contributed by atoms with E-state index in [2.05, 4.69) is 29.5 Å². The van der Waals surface area contributed by atoms with Gasteiger partial charge in [0.05, 0.1) is 10.7 Å². The third kappa shape index (κ3) is 3.59. The minimum absolute atomic E-state index is 0.370. The number of aryl methyl sites for hydroxylation is 2. The van der Waals surface area contributed by atoms with Crippen molar-refractivity contribution in [1.29, 1.82) is 0 Å². The second-order valence-corrected chi connectivity index (χ2v) is 6.85. The summed E-state index contributed by atoms with van der Waals surface area (Å²) < 4.78 is 3.06. The SMILES string of the molecule is CC(C)C(CN)c1cncn1CCc1ccc(Cl)s1. The van der Waals surface area contributed by atoms with Crippen molar-refractivity contribution >= 4 is 22.9 Å². The monoisotopic (exact) mass is 297 g/mol. The van der Waals surface area contributed by atoms with E-state index >= 15 is 0 Å². The highest BCUT2D eigenvalue weighted by molar-refractivity contribution is 7.16. The van der Waals surface area contributed by atoms with Gasteiger partial charge in [-0.1, -0.05) is 25.4 Å². The molecule has 0 spiro atoms.